The Balaban J connectivity index is 1.90. The van der Waals surface area contributed by atoms with E-state index in [-0.39, 0.29) is 28.9 Å². The molecule has 1 fully saturated rings. The van der Waals surface area contributed by atoms with Crippen LogP contribution in [0.3, 0.4) is 0 Å². The maximum Gasteiger partial charge on any atom is 0.224 e. The maximum atomic E-state index is 12.1. The molecule has 4 heteroatoms. The molecule has 0 aliphatic heterocycles. The summed E-state index contributed by atoms with van der Waals surface area (Å²) in [5.41, 5.74) is 0.738. The van der Waals surface area contributed by atoms with E-state index >= 15 is 0 Å². The Labute approximate surface area is 128 Å². The van der Waals surface area contributed by atoms with E-state index in [0.29, 0.717) is 6.42 Å². The van der Waals surface area contributed by atoms with Gasteiger partial charge in [-0.3, -0.25) is 9.59 Å². The number of Topliss-reactive ketones (excluding diaryl/α,β-unsaturated/α-hetero) is 1. The fourth-order valence-electron chi connectivity index (χ4n) is 3.02. The van der Waals surface area contributed by atoms with Crippen LogP contribution in [0, 0.1) is 17.3 Å². The van der Waals surface area contributed by atoms with Crippen molar-refractivity contribution in [2.45, 2.75) is 33.6 Å². The lowest BCUT2D eigenvalue weighted by Gasteiger charge is -2.51. The predicted molar refractivity (Wildman–Crippen MR) is 83.4 cm³/mol. The molecule has 0 aromatic heterocycles. The number of anilines is 1. The number of hydrogen-bond donors (Lipinski definition) is 1. The van der Waals surface area contributed by atoms with Gasteiger partial charge in [0.1, 0.15) is 5.78 Å². The van der Waals surface area contributed by atoms with Gasteiger partial charge in [0, 0.05) is 22.5 Å². The van der Waals surface area contributed by atoms with Crippen LogP contribution in [0.2, 0.25) is 0 Å². The molecule has 0 bridgehead atoms. The zero-order chi connectivity index (χ0) is 14.9. The van der Waals surface area contributed by atoms with Crippen molar-refractivity contribution >= 4 is 33.3 Å². The van der Waals surface area contributed by atoms with Crippen LogP contribution in [0.15, 0.2) is 28.7 Å². The van der Waals surface area contributed by atoms with Crippen molar-refractivity contribution in [1.29, 1.82) is 0 Å². The second-order valence-electron chi connectivity index (χ2n) is 6.18. The van der Waals surface area contributed by atoms with Crippen molar-refractivity contribution in [2.75, 3.05) is 5.32 Å². The summed E-state index contributed by atoms with van der Waals surface area (Å²) in [6, 6.07) is 7.53. The van der Waals surface area contributed by atoms with Gasteiger partial charge in [-0.25, -0.2) is 0 Å². The van der Waals surface area contributed by atoms with E-state index in [1.165, 1.54) is 0 Å². The van der Waals surface area contributed by atoms with Crippen molar-refractivity contribution in [2.24, 2.45) is 17.3 Å². The number of ketones is 1. The standard InChI is InChI=1S/C16H20BrNO2/c1-10(19)14-8-11(16(14,2)3)9-15(20)18-13-6-4-12(17)5-7-13/h4-7,11,14H,8-9H2,1-3H3,(H,18,20)/t11-,14-/m1/s1. The number of carbonyl (C=O) groups excluding carboxylic acids is 2. The third-order valence-corrected chi connectivity index (χ3v) is 5.05. The lowest BCUT2D eigenvalue weighted by atomic mass is 9.52. The second kappa shape index (κ2) is 5.68. The summed E-state index contributed by atoms with van der Waals surface area (Å²) in [5, 5.41) is 2.91. The van der Waals surface area contributed by atoms with E-state index in [1.807, 2.05) is 24.3 Å². The topological polar surface area (TPSA) is 46.2 Å². The normalized spacial score (nSPS) is 23.8. The van der Waals surface area contributed by atoms with Gasteiger partial charge in [0.25, 0.3) is 0 Å². The first-order valence-electron chi connectivity index (χ1n) is 6.86. The Bertz CT molecular complexity index is 522. The summed E-state index contributed by atoms with van der Waals surface area (Å²) < 4.78 is 0.986. The van der Waals surface area contributed by atoms with Gasteiger partial charge < -0.3 is 5.32 Å². The molecule has 1 saturated carbocycles. The molecular formula is C16H20BrNO2. The molecule has 1 amide bonds. The smallest absolute Gasteiger partial charge is 0.224 e. The Morgan fingerprint density at radius 2 is 1.90 bits per heavy atom. The second-order valence-corrected chi connectivity index (χ2v) is 7.09. The zero-order valence-corrected chi connectivity index (χ0v) is 13.7. The average Bonchev–Trinajstić information content (AvgIpc) is 2.36. The summed E-state index contributed by atoms with van der Waals surface area (Å²) >= 11 is 3.36. The van der Waals surface area contributed by atoms with E-state index in [9.17, 15) is 9.59 Å². The number of hydrogen-bond acceptors (Lipinski definition) is 2. The van der Waals surface area contributed by atoms with Crippen LogP contribution in [0.1, 0.15) is 33.6 Å². The molecule has 1 N–H and O–H groups in total. The van der Waals surface area contributed by atoms with Gasteiger partial charge in [-0.15, -0.1) is 0 Å². The molecule has 0 saturated heterocycles. The van der Waals surface area contributed by atoms with Gasteiger partial charge in [-0.2, -0.15) is 0 Å². The van der Waals surface area contributed by atoms with E-state index in [1.54, 1.807) is 6.92 Å². The molecule has 1 aromatic carbocycles. The van der Waals surface area contributed by atoms with Gasteiger partial charge in [0.05, 0.1) is 0 Å². The van der Waals surface area contributed by atoms with Gasteiger partial charge in [0.15, 0.2) is 0 Å². The van der Waals surface area contributed by atoms with Gasteiger partial charge >= 0.3 is 0 Å². The van der Waals surface area contributed by atoms with Crippen LogP contribution in [-0.4, -0.2) is 11.7 Å². The highest BCUT2D eigenvalue weighted by Gasteiger charge is 2.50. The van der Waals surface area contributed by atoms with Crippen molar-refractivity contribution in [1.82, 2.24) is 0 Å². The van der Waals surface area contributed by atoms with Crippen molar-refractivity contribution in [3.63, 3.8) is 0 Å². The SMILES string of the molecule is CC(=O)[C@H]1C[C@H](CC(=O)Nc2ccc(Br)cc2)C1(C)C. The Morgan fingerprint density at radius 1 is 1.30 bits per heavy atom. The number of benzene rings is 1. The third kappa shape index (κ3) is 3.11. The molecule has 1 aliphatic rings. The highest BCUT2D eigenvalue weighted by Crippen LogP contribution is 2.53. The number of rotatable bonds is 4. The molecular weight excluding hydrogens is 318 g/mol. The molecule has 20 heavy (non-hydrogen) atoms. The van der Waals surface area contributed by atoms with Crippen LogP contribution in [0.5, 0.6) is 0 Å². The minimum atomic E-state index is -0.0666. The highest BCUT2D eigenvalue weighted by atomic mass is 79.9. The summed E-state index contributed by atoms with van der Waals surface area (Å²) in [7, 11) is 0. The molecule has 0 radical (unpaired) electrons. The van der Waals surface area contributed by atoms with Gasteiger partial charge in [0.2, 0.25) is 5.91 Å². The fraction of sp³-hybridized carbons (Fsp3) is 0.500. The minimum absolute atomic E-state index is 0.0207. The quantitative estimate of drug-likeness (QED) is 0.901. The lowest BCUT2D eigenvalue weighted by Crippen LogP contribution is -2.49. The van der Waals surface area contributed by atoms with Crippen molar-refractivity contribution in [3.8, 4) is 0 Å². The predicted octanol–water partition coefficient (Wildman–Crippen LogP) is 4.03. The molecule has 0 unspecified atom stereocenters. The summed E-state index contributed by atoms with van der Waals surface area (Å²) in [5.74, 6) is 0.645. The Kier molecular flexibility index (Phi) is 4.33. The van der Waals surface area contributed by atoms with Crippen LogP contribution in [-0.2, 0) is 9.59 Å². The molecule has 1 aromatic rings. The van der Waals surface area contributed by atoms with Crippen molar-refractivity contribution < 1.29 is 9.59 Å². The number of carbonyl (C=O) groups is 2. The van der Waals surface area contributed by atoms with Crippen LogP contribution in [0.4, 0.5) is 5.69 Å². The molecule has 108 valence electrons. The first-order valence-corrected chi connectivity index (χ1v) is 7.66. The Morgan fingerprint density at radius 3 is 2.40 bits per heavy atom. The van der Waals surface area contributed by atoms with Crippen LogP contribution < -0.4 is 5.32 Å². The molecule has 1 aliphatic carbocycles. The van der Waals surface area contributed by atoms with E-state index in [4.69, 9.17) is 0 Å². The highest BCUT2D eigenvalue weighted by molar-refractivity contribution is 9.10. The number of amides is 1. The van der Waals surface area contributed by atoms with Gasteiger partial charge in [-0.05, 0) is 48.9 Å². The molecule has 2 atom stereocenters. The van der Waals surface area contributed by atoms with E-state index < -0.39 is 0 Å². The molecule has 2 rings (SSSR count). The fourth-order valence-corrected chi connectivity index (χ4v) is 3.29. The molecule has 0 spiro atoms. The van der Waals surface area contributed by atoms with Crippen molar-refractivity contribution in [3.05, 3.63) is 28.7 Å². The largest absolute Gasteiger partial charge is 0.326 e. The maximum absolute atomic E-state index is 12.1. The van der Waals surface area contributed by atoms with Crippen LogP contribution >= 0.6 is 15.9 Å². The summed E-state index contributed by atoms with van der Waals surface area (Å²) in [4.78, 5) is 23.5. The van der Waals surface area contributed by atoms with Crippen LogP contribution in [0.25, 0.3) is 0 Å². The monoisotopic (exact) mass is 337 g/mol. The molecule has 0 heterocycles. The van der Waals surface area contributed by atoms with Gasteiger partial charge in [-0.1, -0.05) is 29.8 Å². The van der Waals surface area contributed by atoms with E-state index in [0.717, 1.165) is 16.6 Å². The number of halogens is 1. The third-order valence-electron chi connectivity index (χ3n) is 4.52. The zero-order valence-electron chi connectivity index (χ0n) is 12.1. The average molecular weight is 338 g/mol. The Hall–Kier alpha value is -1.16. The molecule has 3 nitrogen and oxygen atoms in total. The minimum Gasteiger partial charge on any atom is -0.326 e. The first kappa shape index (κ1) is 15.2. The summed E-state index contributed by atoms with van der Waals surface area (Å²) in [6.07, 6.45) is 1.31. The number of nitrogens with one attached hydrogen (secondary N) is 1. The first-order chi connectivity index (χ1) is 9.30. The lowest BCUT2D eigenvalue weighted by molar-refractivity contribution is -0.139. The van der Waals surface area contributed by atoms with E-state index in [2.05, 4.69) is 35.1 Å². The summed E-state index contributed by atoms with van der Waals surface area (Å²) in [6.45, 7) is 5.81.